The number of piperidine rings is 3. The minimum absolute atomic E-state index is 0.00503. The second-order valence-corrected chi connectivity index (χ2v) is 20.8. The van der Waals surface area contributed by atoms with Crippen LogP contribution in [0, 0.1) is 17.0 Å². The molecule has 1 amide bonds. The van der Waals surface area contributed by atoms with Crippen molar-refractivity contribution in [1.82, 2.24) is 14.1 Å². The van der Waals surface area contributed by atoms with Crippen LogP contribution in [0.2, 0.25) is 10.0 Å². The molecule has 5 aliphatic rings. The van der Waals surface area contributed by atoms with E-state index >= 15 is 0 Å². The van der Waals surface area contributed by atoms with Crippen molar-refractivity contribution in [1.29, 1.82) is 0 Å². The van der Waals surface area contributed by atoms with E-state index in [0.29, 0.717) is 46.2 Å². The molecule has 5 heterocycles. The Balaban J connectivity index is 0.874. The van der Waals surface area contributed by atoms with Gasteiger partial charge in [0.2, 0.25) is 10.0 Å². The lowest BCUT2D eigenvalue weighted by Gasteiger charge is -2.48. The van der Waals surface area contributed by atoms with Crippen molar-refractivity contribution in [2.75, 3.05) is 32.8 Å². The largest absolute Gasteiger partial charge is 0.619 e. The molecule has 3 atom stereocenters. The Hall–Kier alpha value is -5.72. The molecule has 70 heavy (non-hydrogen) atoms. The van der Waals surface area contributed by atoms with Crippen LogP contribution in [0.4, 0.5) is 13.6 Å². The number of nitrogens with zero attached hydrogens (tertiary/aromatic N) is 4. The van der Waals surface area contributed by atoms with Crippen LogP contribution < -0.4 is 23.7 Å². The van der Waals surface area contributed by atoms with Crippen molar-refractivity contribution in [2.24, 2.45) is 11.8 Å². The molecule has 4 aromatic carbocycles. The predicted molar refractivity (Wildman–Crippen MR) is 254 cm³/mol. The Morgan fingerprint density at radius 2 is 1.54 bits per heavy atom. The molecule has 1 saturated carbocycles. The molecule has 370 valence electrons. The molecule has 10 rings (SSSR count). The lowest BCUT2D eigenvalue weighted by atomic mass is 9.83. The fraction of sp³-hybridized carbons (Fsp3) is 0.392. The average Bonchev–Trinajstić information content (AvgIpc) is 4.05. The zero-order valence-corrected chi connectivity index (χ0v) is 40.4. The number of ether oxygens (including phenoxy) is 5. The van der Waals surface area contributed by atoms with Gasteiger partial charge < -0.3 is 33.8 Å². The van der Waals surface area contributed by atoms with Gasteiger partial charge in [-0.05, 0) is 129 Å². The van der Waals surface area contributed by atoms with E-state index in [1.54, 1.807) is 24.3 Å². The number of fused-ring (bicyclic) bond motifs is 3. The normalized spacial score (nSPS) is 20.5. The fourth-order valence-electron chi connectivity index (χ4n) is 9.39. The van der Waals surface area contributed by atoms with E-state index in [9.17, 15) is 32.0 Å². The number of rotatable bonds is 19. The first-order chi connectivity index (χ1) is 33.8. The smallest absolute Gasteiger partial charge is 0.415 e. The molecular weight excluding hydrogens is 970 g/mol. The molecule has 0 unspecified atom stereocenters. The number of halogens is 4. The maximum absolute atomic E-state index is 14.2. The number of benzene rings is 4. The van der Waals surface area contributed by atoms with Gasteiger partial charge in [0.05, 0.1) is 17.5 Å². The molecule has 2 bridgehead atoms. The Labute approximate surface area is 415 Å². The van der Waals surface area contributed by atoms with E-state index in [-0.39, 0.29) is 76.6 Å². The summed E-state index contributed by atoms with van der Waals surface area (Å²) in [6.07, 6.45) is 4.91. The lowest BCUT2D eigenvalue weighted by Crippen LogP contribution is -2.58. The summed E-state index contributed by atoms with van der Waals surface area (Å²) < 4.78 is 85.5. The number of amides is 1. The summed E-state index contributed by atoms with van der Waals surface area (Å²) in [5.41, 5.74) is 2.13. The van der Waals surface area contributed by atoms with Crippen molar-refractivity contribution in [3.8, 4) is 23.0 Å². The summed E-state index contributed by atoms with van der Waals surface area (Å²) in [6, 6.07) is 25.8. The predicted octanol–water partition coefficient (Wildman–Crippen LogP) is 9.37. The van der Waals surface area contributed by atoms with Crippen LogP contribution in [0.15, 0.2) is 114 Å². The molecule has 5 fully saturated rings. The van der Waals surface area contributed by atoms with Crippen molar-refractivity contribution >= 4 is 45.3 Å². The Morgan fingerprint density at radius 1 is 0.814 bits per heavy atom. The zero-order chi connectivity index (χ0) is 48.9. The van der Waals surface area contributed by atoms with Gasteiger partial charge in [-0.1, -0.05) is 71.7 Å². The number of carbonyl (C=O) groups is 2. The van der Waals surface area contributed by atoms with Crippen molar-refractivity contribution in [2.45, 2.75) is 87.8 Å². The number of aromatic nitrogens is 1. The summed E-state index contributed by atoms with van der Waals surface area (Å²) in [7, 11) is -4.23. The van der Waals surface area contributed by atoms with Gasteiger partial charge in [0.1, 0.15) is 40.3 Å². The van der Waals surface area contributed by atoms with E-state index < -0.39 is 40.8 Å². The first kappa shape index (κ1) is 49.3. The quantitative estimate of drug-likeness (QED) is 0.0442. The van der Waals surface area contributed by atoms with Gasteiger partial charge in [0.25, 0.3) is 0 Å². The van der Waals surface area contributed by atoms with E-state index in [4.69, 9.17) is 46.9 Å². The van der Waals surface area contributed by atoms with E-state index in [1.165, 1.54) is 30.3 Å². The zero-order valence-electron chi connectivity index (χ0n) is 38.0. The van der Waals surface area contributed by atoms with Crippen LogP contribution in [-0.4, -0.2) is 86.1 Å². The van der Waals surface area contributed by atoms with Crippen LogP contribution in [0.5, 0.6) is 23.0 Å². The van der Waals surface area contributed by atoms with Gasteiger partial charge in [0.15, 0.2) is 23.9 Å². The molecule has 5 aromatic rings. The molecule has 1 aliphatic carbocycles. The number of sulfonamides is 1. The van der Waals surface area contributed by atoms with Crippen molar-refractivity contribution < 1.29 is 55.2 Å². The highest BCUT2D eigenvalue weighted by atomic mass is 35.5. The van der Waals surface area contributed by atoms with Crippen LogP contribution >= 0.6 is 23.2 Å². The highest BCUT2D eigenvalue weighted by Gasteiger charge is 2.42. The molecule has 0 radical (unpaired) electrons. The average molecular weight is 1020 g/mol. The van der Waals surface area contributed by atoms with E-state index in [1.807, 2.05) is 47.4 Å². The maximum Gasteiger partial charge on any atom is 0.415 e. The summed E-state index contributed by atoms with van der Waals surface area (Å²) in [5.74, 6) is 0.645. The van der Waals surface area contributed by atoms with Crippen LogP contribution in [0.25, 0.3) is 0 Å². The topological polar surface area (TPSA) is 151 Å². The molecule has 0 spiro atoms. The van der Waals surface area contributed by atoms with E-state index in [0.717, 1.165) is 67.6 Å². The number of alkyl halides is 2. The van der Waals surface area contributed by atoms with Crippen LogP contribution in [-0.2, 0) is 39.1 Å². The number of carbonyl (C=O) groups excluding carboxylic acids is 2. The first-order valence-electron chi connectivity index (χ1n) is 23.3. The highest BCUT2D eigenvalue weighted by molar-refractivity contribution is 7.89. The second-order valence-electron chi connectivity index (χ2n) is 18.1. The monoisotopic (exact) mass is 1020 g/mol. The Bertz CT molecular complexity index is 2740. The summed E-state index contributed by atoms with van der Waals surface area (Å²) in [6.45, 7) is 0.490. The molecule has 0 N–H and O–H groups in total. The second kappa shape index (κ2) is 21.7. The third kappa shape index (κ3) is 11.9. The Morgan fingerprint density at radius 3 is 2.23 bits per heavy atom. The highest BCUT2D eigenvalue weighted by Crippen LogP contribution is 2.39. The number of hydrogen-bond acceptors (Lipinski definition) is 11. The van der Waals surface area contributed by atoms with Gasteiger partial charge in [-0.15, -0.1) is 0 Å². The van der Waals surface area contributed by atoms with Crippen molar-refractivity contribution in [3.63, 3.8) is 0 Å². The minimum Gasteiger partial charge on any atom is -0.619 e. The van der Waals surface area contributed by atoms with Gasteiger partial charge >= 0.3 is 18.7 Å². The maximum atomic E-state index is 14.2. The lowest BCUT2D eigenvalue weighted by molar-refractivity contribution is -0.605. The first-order valence-corrected chi connectivity index (χ1v) is 25.5. The van der Waals surface area contributed by atoms with Gasteiger partial charge in [-0.3, -0.25) is 9.69 Å². The van der Waals surface area contributed by atoms with Crippen LogP contribution in [0.1, 0.15) is 66.9 Å². The third-order valence-electron chi connectivity index (χ3n) is 13.3. The third-order valence-corrected chi connectivity index (χ3v) is 15.9. The number of pyridine rings is 1. The summed E-state index contributed by atoms with van der Waals surface area (Å²) in [5, 5.41) is 12.1. The van der Waals surface area contributed by atoms with Crippen LogP contribution in [0.3, 0.4) is 0 Å². The molecule has 19 heteroatoms. The van der Waals surface area contributed by atoms with E-state index in [2.05, 4.69) is 4.90 Å². The number of para-hydroxylation sites is 1. The van der Waals surface area contributed by atoms with Gasteiger partial charge in [-0.25, -0.2) is 13.2 Å². The summed E-state index contributed by atoms with van der Waals surface area (Å²) in [4.78, 5) is 32.1. The minimum atomic E-state index is -4.23. The SMILES string of the molecule is O=C(O[C@@H](Cc1c(Cl)c[n+]([O-])cc1Cl)c1ccc(OC(F)F)c(OCC2CC2)c1)[C@@H]1CCCN1S(=O)(=O)c1ccc(COc2cccc(CN(C(=O)Oc3ccccc3)[C@H]3CN4CCC3CC4)c2)cc1. The standard InChI is InChI=1S/C51H52Cl2F2N4O10S/c52-42-28-57(62)29-43(53)41(42)26-47(37-15-18-46(69-50(54)55)48(25-37)66-32-33-11-12-33)68-49(60)44-10-5-21-59(44)70(63,64)40-16-13-34(14-17-40)31-65-39-9-4-6-35(24-39)27-58(45-30-56-22-19-36(45)20-23-56)51(61)67-38-7-2-1-3-8-38/h1-4,6-9,13-18,24-25,28-29,33,36,44-45,47,50H,5,10-12,19-23,26-27,30-32H2/t44-,45-,47-/m0/s1. The molecule has 4 aliphatic heterocycles. The van der Waals surface area contributed by atoms with Gasteiger partial charge in [-0.2, -0.15) is 17.8 Å². The fourth-order valence-corrected chi connectivity index (χ4v) is 11.6. The van der Waals surface area contributed by atoms with Gasteiger partial charge in [0, 0.05) is 31.6 Å². The number of hydrogen-bond donors (Lipinski definition) is 0. The Kier molecular flexibility index (Phi) is 15.3. The van der Waals surface area contributed by atoms with Crippen molar-refractivity contribution in [3.05, 3.63) is 147 Å². The molecule has 1 aromatic heterocycles. The molecule has 14 nitrogen and oxygen atoms in total. The summed E-state index contributed by atoms with van der Waals surface area (Å²) >= 11 is 12.9. The molecular formula is C51H52Cl2F2N4O10S. The molecule has 4 saturated heterocycles. The number of esters is 1.